The molecule has 1 aliphatic carbocycles. The first-order chi connectivity index (χ1) is 8.60. The van der Waals surface area contributed by atoms with Crippen molar-refractivity contribution in [3.8, 4) is 5.75 Å². The van der Waals surface area contributed by atoms with E-state index in [9.17, 15) is 9.90 Å². The third kappa shape index (κ3) is 2.34. The average molecular weight is 249 g/mol. The molecular weight excluding hydrogens is 230 g/mol. The summed E-state index contributed by atoms with van der Waals surface area (Å²) in [5.74, 6) is 0.732. The molecule has 0 radical (unpaired) electrons. The van der Waals surface area contributed by atoms with Crippen LogP contribution in [0.2, 0.25) is 0 Å². The lowest BCUT2D eigenvalue weighted by Crippen LogP contribution is -2.38. The Morgan fingerprint density at radius 1 is 1.50 bits per heavy atom. The summed E-state index contributed by atoms with van der Waals surface area (Å²) in [7, 11) is 1.61. The summed E-state index contributed by atoms with van der Waals surface area (Å²) >= 11 is 0. The number of amides is 1. The minimum absolute atomic E-state index is 0.0205. The molecule has 0 aliphatic heterocycles. The number of para-hydroxylation sites is 1. The zero-order valence-corrected chi connectivity index (χ0v) is 10.8. The molecule has 2 rings (SSSR count). The maximum atomic E-state index is 12.2. The maximum absolute atomic E-state index is 12.2. The number of methoxy groups -OCH3 is 1. The SMILES string of the molecule is COc1ccccc1C1(C(=O)NCC(C)O)CC1. The number of ether oxygens (including phenoxy) is 1. The van der Waals surface area contributed by atoms with Crippen molar-refractivity contribution in [3.63, 3.8) is 0 Å². The number of rotatable bonds is 5. The van der Waals surface area contributed by atoms with E-state index in [1.165, 1.54) is 0 Å². The molecule has 4 heteroatoms. The first-order valence-corrected chi connectivity index (χ1v) is 6.20. The molecule has 98 valence electrons. The zero-order valence-electron chi connectivity index (χ0n) is 10.8. The fraction of sp³-hybridized carbons (Fsp3) is 0.500. The van der Waals surface area contributed by atoms with Crippen molar-refractivity contribution in [1.29, 1.82) is 0 Å². The van der Waals surface area contributed by atoms with E-state index >= 15 is 0 Å². The van der Waals surface area contributed by atoms with Gasteiger partial charge in [-0.15, -0.1) is 0 Å². The van der Waals surface area contributed by atoms with Crippen LogP contribution in [0.25, 0.3) is 0 Å². The van der Waals surface area contributed by atoms with Crippen molar-refractivity contribution in [1.82, 2.24) is 5.32 Å². The van der Waals surface area contributed by atoms with Crippen LogP contribution in [-0.2, 0) is 10.2 Å². The molecule has 1 atom stereocenters. The van der Waals surface area contributed by atoms with E-state index in [1.54, 1.807) is 14.0 Å². The van der Waals surface area contributed by atoms with Gasteiger partial charge in [-0.1, -0.05) is 18.2 Å². The standard InChI is InChI=1S/C14H19NO3/c1-10(16)9-15-13(17)14(7-8-14)11-5-3-4-6-12(11)18-2/h3-6,10,16H,7-9H2,1-2H3,(H,15,17). The molecule has 1 saturated carbocycles. The lowest BCUT2D eigenvalue weighted by Gasteiger charge is -2.19. The lowest BCUT2D eigenvalue weighted by atomic mass is 9.94. The molecule has 0 saturated heterocycles. The second-order valence-electron chi connectivity index (χ2n) is 4.84. The zero-order chi connectivity index (χ0) is 13.2. The Balaban J connectivity index is 2.18. The largest absolute Gasteiger partial charge is 0.496 e. The van der Waals surface area contributed by atoms with Gasteiger partial charge >= 0.3 is 0 Å². The fourth-order valence-electron chi connectivity index (χ4n) is 2.19. The highest BCUT2D eigenvalue weighted by Crippen LogP contribution is 2.51. The molecule has 1 unspecified atom stereocenters. The number of benzene rings is 1. The molecule has 1 amide bonds. The molecule has 0 heterocycles. The highest BCUT2D eigenvalue weighted by atomic mass is 16.5. The number of hydrogen-bond donors (Lipinski definition) is 2. The number of carbonyl (C=O) groups excluding carboxylic acids is 1. The van der Waals surface area contributed by atoms with Crippen molar-refractivity contribution >= 4 is 5.91 Å². The van der Waals surface area contributed by atoms with Crippen LogP contribution >= 0.6 is 0 Å². The molecule has 0 bridgehead atoms. The van der Waals surface area contributed by atoms with E-state index in [1.807, 2.05) is 24.3 Å². The first kappa shape index (κ1) is 12.9. The second kappa shape index (κ2) is 4.98. The Hall–Kier alpha value is -1.55. The minimum atomic E-state index is -0.526. The van der Waals surface area contributed by atoms with Gasteiger partial charge in [-0.3, -0.25) is 4.79 Å². The molecule has 0 aromatic heterocycles. The fourth-order valence-corrected chi connectivity index (χ4v) is 2.19. The van der Waals surface area contributed by atoms with Gasteiger partial charge in [0.2, 0.25) is 5.91 Å². The van der Waals surface area contributed by atoms with Crippen LogP contribution in [0.3, 0.4) is 0 Å². The van der Waals surface area contributed by atoms with Crippen LogP contribution in [0, 0.1) is 0 Å². The molecule has 1 aromatic carbocycles. The van der Waals surface area contributed by atoms with Crippen molar-refractivity contribution in [2.45, 2.75) is 31.3 Å². The summed E-state index contributed by atoms with van der Waals surface area (Å²) in [6.07, 6.45) is 1.14. The van der Waals surface area contributed by atoms with E-state index in [0.717, 1.165) is 24.2 Å². The highest BCUT2D eigenvalue weighted by molar-refractivity contribution is 5.92. The number of carbonyl (C=O) groups is 1. The van der Waals surface area contributed by atoms with Crippen molar-refractivity contribution < 1.29 is 14.6 Å². The molecule has 4 nitrogen and oxygen atoms in total. The Morgan fingerprint density at radius 3 is 2.72 bits per heavy atom. The van der Waals surface area contributed by atoms with Gasteiger partial charge in [-0.2, -0.15) is 0 Å². The summed E-state index contributed by atoms with van der Waals surface area (Å²) in [5, 5.41) is 12.0. The van der Waals surface area contributed by atoms with E-state index in [4.69, 9.17) is 4.74 Å². The number of nitrogens with one attached hydrogen (secondary N) is 1. The summed E-state index contributed by atoms with van der Waals surface area (Å²) < 4.78 is 5.32. The van der Waals surface area contributed by atoms with E-state index in [-0.39, 0.29) is 12.5 Å². The molecular formula is C14H19NO3. The monoisotopic (exact) mass is 249 g/mol. The predicted octanol–water partition coefficient (Wildman–Crippen LogP) is 1.22. The third-order valence-corrected chi connectivity index (χ3v) is 3.37. The van der Waals surface area contributed by atoms with Crippen molar-refractivity contribution in [2.24, 2.45) is 0 Å². The van der Waals surface area contributed by atoms with Gasteiger partial charge in [-0.05, 0) is 25.8 Å². The van der Waals surface area contributed by atoms with E-state index in [0.29, 0.717) is 0 Å². The van der Waals surface area contributed by atoms with Gasteiger partial charge in [0.05, 0.1) is 18.6 Å². The Kier molecular flexibility index (Phi) is 3.57. The number of hydrogen-bond acceptors (Lipinski definition) is 3. The lowest BCUT2D eigenvalue weighted by molar-refractivity contribution is -0.124. The molecule has 1 aliphatic rings. The maximum Gasteiger partial charge on any atom is 0.230 e. The van der Waals surface area contributed by atoms with Gasteiger partial charge in [0.1, 0.15) is 5.75 Å². The van der Waals surface area contributed by atoms with Crippen molar-refractivity contribution in [2.75, 3.05) is 13.7 Å². The summed E-state index contributed by atoms with van der Waals surface area (Å²) in [5.41, 5.74) is 0.484. The van der Waals surface area contributed by atoms with Crippen LogP contribution in [0.15, 0.2) is 24.3 Å². The van der Waals surface area contributed by atoms with E-state index < -0.39 is 11.5 Å². The second-order valence-corrected chi connectivity index (χ2v) is 4.84. The smallest absolute Gasteiger partial charge is 0.230 e. The van der Waals surface area contributed by atoms with Gasteiger partial charge in [0.15, 0.2) is 0 Å². The third-order valence-electron chi connectivity index (χ3n) is 3.37. The number of aliphatic hydroxyl groups is 1. The number of aliphatic hydroxyl groups excluding tert-OH is 1. The minimum Gasteiger partial charge on any atom is -0.496 e. The highest BCUT2D eigenvalue weighted by Gasteiger charge is 2.52. The van der Waals surface area contributed by atoms with Gasteiger partial charge in [-0.25, -0.2) is 0 Å². The molecule has 18 heavy (non-hydrogen) atoms. The van der Waals surface area contributed by atoms with E-state index in [2.05, 4.69) is 5.32 Å². The Labute approximate surface area is 107 Å². The van der Waals surface area contributed by atoms with Crippen LogP contribution in [0.1, 0.15) is 25.3 Å². The quantitative estimate of drug-likeness (QED) is 0.825. The molecule has 2 N–H and O–H groups in total. The van der Waals surface area contributed by atoms with Gasteiger partial charge in [0, 0.05) is 12.1 Å². The topological polar surface area (TPSA) is 58.6 Å². The predicted molar refractivity (Wildman–Crippen MR) is 68.6 cm³/mol. The van der Waals surface area contributed by atoms with Crippen LogP contribution in [0.5, 0.6) is 5.75 Å². The Morgan fingerprint density at radius 2 is 2.17 bits per heavy atom. The van der Waals surface area contributed by atoms with Crippen LogP contribution in [0.4, 0.5) is 0 Å². The first-order valence-electron chi connectivity index (χ1n) is 6.20. The van der Waals surface area contributed by atoms with Crippen LogP contribution < -0.4 is 10.1 Å². The summed E-state index contributed by atoms with van der Waals surface area (Å²) in [6.45, 7) is 1.94. The molecule has 1 aromatic rings. The van der Waals surface area contributed by atoms with Gasteiger partial charge < -0.3 is 15.2 Å². The Bertz CT molecular complexity index is 438. The molecule has 1 fully saturated rings. The van der Waals surface area contributed by atoms with Crippen molar-refractivity contribution in [3.05, 3.63) is 29.8 Å². The summed E-state index contributed by atoms with van der Waals surface area (Å²) in [6, 6.07) is 7.62. The molecule has 0 spiro atoms. The van der Waals surface area contributed by atoms with Crippen LogP contribution in [-0.4, -0.2) is 30.8 Å². The average Bonchev–Trinajstić information content (AvgIpc) is 3.17. The van der Waals surface area contributed by atoms with Gasteiger partial charge in [0.25, 0.3) is 0 Å². The normalized spacial score (nSPS) is 17.9. The summed E-state index contributed by atoms with van der Waals surface area (Å²) in [4.78, 5) is 12.2.